The van der Waals surface area contributed by atoms with Crippen LogP contribution in [-0.4, -0.2) is 24.9 Å². The first-order valence-corrected chi connectivity index (χ1v) is 8.16. The van der Waals surface area contributed by atoms with E-state index in [0.29, 0.717) is 18.8 Å². The fourth-order valence-corrected chi connectivity index (χ4v) is 3.14. The fourth-order valence-electron chi connectivity index (χ4n) is 2.11. The number of non-ortho nitro benzene ring substituents is 1. The summed E-state index contributed by atoms with van der Waals surface area (Å²) >= 11 is 1.59. The molecule has 0 amide bonds. The van der Waals surface area contributed by atoms with Gasteiger partial charge in [0, 0.05) is 35.9 Å². The van der Waals surface area contributed by atoms with Crippen molar-refractivity contribution >= 4 is 17.4 Å². The third kappa shape index (κ3) is 4.07. The van der Waals surface area contributed by atoms with Gasteiger partial charge in [-0.15, -0.1) is 10.2 Å². The predicted molar refractivity (Wildman–Crippen MR) is 88.0 cm³/mol. The Bertz CT molecular complexity index is 720. The van der Waals surface area contributed by atoms with Gasteiger partial charge in [-0.2, -0.15) is 5.26 Å². The smallest absolute Gasteiger partial charge is 0.269 e. The molecule has 7 nitrogen and oxygen atoms in total. The minimum absolute atomic E-state index is 0.0519. The van der Waals surface area contributed by atoms with Crippen LogP contribution < -0.4 is 0 Å². The van der Waals surface area contributed by atoms with Gasteiger partial charge in [0.25, 0.3) is 5.69 Å². The van der Waals surface area contributed by atoms with Crippen LogP contribution in [0, 0.1) is 21.4 Å². The van der Waals surface area contributed by atoms with Gasteiger partial charge in [0.2, 0.25) is 0 Å². The van der Waals surface area contributed by atoms with Crippen LogP contribution in [-0.2, 0) is 6.54 Å². The van der Waals surface area contributed by atoms with Crippen LogP contribution in [0.3, 0.4) is 0 Å². The summed E-state index contributed by atoms with van der Waals surface area (Å²) in [4.78, 5) is 10.3. The first kappa shape index (κ1) is 17.0. The van der Waals surface area contributed by atoms with Gasteiger partial charge >= 0.3 is 0 Å². The molecule has 0 spiro atoms. The van der Waals surface area contributed by atoms with Gasteiger partial charge in [-0.25, -0.2) is 0 Å². The standard InChI is InChI=1S/C15H17N5O2S/c1-3-19-14(12-6-8-13(9-7-12)20(21)22)17-18-15(19)23-11(2)5-4-10-16/h6-9,11H,3-5H2,1-2H3. The minimum atomic E-state index is -0.424. The zero-order valence-corrected chi connectivity index (χ0v) is 13.8. The topological polar surface area (TPSA) is 97.6 Å². The quantitative estimate of drug-likeness (QED) is 0.436. The van der Waals surface area contributed by atoms with E-state index in [1.165, 1.54) is 12.1 Å². The lowest BCUT2D eigenvalue weighted by molar-refractivity contribution is -0.384. The van der Waals surface area contributed by atoms with E-state index in [9.17, 15) is 10.1 Å². The molecule has 1 aromatic carbocycles. The third-order valence-electron chi connectivity index (χ3n) is 3.34. The summed E-state index contributed by atoms with van der Waals surface area (Å²) in [5.41, 5.74) is 0.845. The summed E-state index contributed by atoms with van der Waals surface area (Å²) < 4.78 is 1.98. The van der Waals surface area contributed by atoms with Crippen molar-refractivity contribution < 1.29 is 4.92 Å². The molecule has 2 aromatic rings. The molecule has 120 valence electrons. The van der Waals surface area contributed by atoms with E-state index in [1.54, 1.807) is 23.9 Å². The van der Waals surface area contributed by atoms with Crippen LogP contribution in [0.4, 0.5) is 5.69 Å². The molecule has 0 N–H and O–H groups in total. The number of nitrogens with zero attached hydrogens (tertiary/aromatic N) is 5. The zero-order valence-electron chi connectivity index (χ0n) is 13.0. The number of aromatic nitrogens is 3. The van der Waals surface area contributed by atoms with Gasteiger partial charge < -0.3 is 4.57 Å². The van der Waals surface area contributed by atoms with Crippen LogP contribution in [0.2, 0.25) is 0 Å². The second-order valence-corrected chi connectivity index (χ2v) is 6.39. The van der Waals surface area contributed by atoms with Crippen molar-refractivity contribution in [3.8, 4) is 17.5 Å². The highest BCUT2D eigenvalue weighted by Crippen LogP contribution is 2.29. The Labute approximate surface area is 138 Å². The maximum Gasteiger partial charge on any atom is 0.269 e. The third-order valence-corrected chi connectivity index (χ3v) is 4.49. The summed E-state index contributed by atoms with van der Waals surface area (Å²) in [5, 5.41) is 28.9. The number of hydrogen-bond donors (Lipinski definition) is 0. The van der Waals surface area contributed by atoms with E-state index in [0.717, 1.165) is 17.1 Å². The maximum atomic E-state index is 10.7. The number of nitro groups is 1. The number of thioether (sulfide) groups is 1. The van der Waals surface area contributed by atoms with Crippen molar-refractivity contribution in [3.05, 3.63) is 34.4 Å². The number of benzene rings is 1. The van der Waals surface area contributed by atoms with Crippen LogP contribution >= 0.6 is 11.8 Å². The molecule has 0 saturated carbocycles. The van der Waals surface area contributed by atoms with E-state index in [-0.39, 0.29) is 10.9 Å². The molecular formula is C15H17N5O2S. The Morgan fingerprint density at radius 2 is 2.09 bits per heavy atom. The molecule has 1 heterocycles. The Morgan fingerprint density at radius 3 is 2.65 bits per heavy atom. The first-order chi connectivity index (χ1) is 11.1. The number of nitro benzene ring substituents is 1. The largest absolute Gasteiger partial charge is 0.302 e. The minimum Gasteiger partial charge on any atom is -0.302 e. The van der Waals surface area contributed by atoms with Crippen molar-refractivity contribution in [1.29, 1.82) is 5.26 Å². The molecule has 0 fully saturated rings. The van der Waals surface area contributed by atoms with Gasteiger partial charge in [-0.05, 0) is 25.5 Å². The Balaban J connectivity index is 2.23. The molecule has 8 heteroatoms. The van der Waals surface area contributed by atoms with E-state index < -0.39 is 4.92 Å². The van der Waals surface area contributed by atoms with Crippen molar-refractivity contribution in [1.82, 2.24) is 14.8 Å². The summed E-state index contributed by atoms with van der Waals surface area (Å²) in [7, 11) is 0. The molecule has 0 aliphatic rings. The second-order valence-electron chi connectivity index (χ2n) is 4.98. The average molecular weight is 331 g/mol. The van der Waals surface area contributed by atoms with E-state index in [4.69, 9.17) is 5.26 Å². The first-order valence-electron chi connectivity index (χ1n) is 7.28. The summed E-state index contributed by atoms with van der Waals surface area (Å²) in [6.45, 7) is 4.76. The highest BCUT2D eigenvalue weighted by atomic mass is 32.2. The predicted octanol–water partition coefficient (Wildman–Crippen LogP) is 3.66. The molecule has 1 unspecified atom stereocenters. The van der Waals surface area contributed by atoms with Crippen LogP contribution in [0.1, 0.15) is 26.7 Å². The molecule has 0 aliphatic heterocycles. The fraction of sp³-hybridized carbons (Fsp3) is 0.400. The van der Waals surface area contributed by atoms with Gasteiger partial charge in [-0.1, -0.05) is 18.7 Å². The molecule has 0 bridgehead atoms. The number of rotatable bonds is 7. The number of nitriles is 1. The number of hydrogen-bond acceptors (Lipinski definition) is 6. The average Bonchev–Trinajstić information content (AvgIpc) is 2.95. The van der Waals surface area contributed by atoms with Crippen LogP contribution in [0.15, 0.2) is 29.4 Å². The highest BCUT2D eigenvalue weighted by molar-refractivity contribution is 7.99. The molecule has 1 atom stereocenters. The SMILES string of the molecule is CCn1c(SC(C)CCC#N)nnc1-c1ccc([N+](=O)[O-])cc1. The lowest BCUT2D eigenvalue weighted by Gasteiger charge is -2.10. The Kier molecular flexibility index (Phi) is 5.71. The molecule has 2 rings (SSSR count). The summed E-state index contributed by atoms with van der Waals surface area (Å²) in [5.74, 6) is 0.692. The lowest BCUT2D eigenvalue weighted by Crippen LogP contribution is -2.03. The van der Waals surface area contributed by atoms with Crippen molar-refractivity contribution in [3.63, 3.8) is 0 Å². The van der Waals surface area contributed by atoms with Gasteiger partial charge in [-0.3, -0.25) is 10.1 Å². The van der Waals surface area contributed by atoms with Crippen LogP contribution in [0.25, 0.3) is 11.4 Å². The van der Waals surface area contributed by atoms with E-state index in [1.807, 2.05) is 11.5 Å². The molecule has 0 radical (unpaired) electrons. The van der Waals surface area contributed by atoms with Gasteiger partial charge in [0.1, 0.15) is 0 Å². The normalized spacial score (nSPS) is 11.9. The maximum absolute atomic E-state index is 10.7. The van der Waals surface area contributed by atoms with E-state index in [2.05, 4.69) is 23.2 Å². The molecule has 1 aromatic heterocycles. The molecular weight excluding hydrogens is 314 g/mol. The Hall–Kier alpha value is -2.40. The molecule has 23 heavy (non-hydrogen) atoms. The van der Waals surface area contributed by atoms with Crippen molar-refractivity contribution in [2.24, 2.45) is 0 Å². The lowest BCUT2D eigenvalue weighted by atomic mass is 10.2. The second kappa shape index (κ2) is 7.74. The highest BCUT2D eigenvalue weighted by Gasteiger charge is 2.16. The van der Waals surface area contributed by atoms with Crippen LogP contribution in [0.5, 0.6) is 0 Å². The monoisotopic (exact) mass is 331 g/mol. The Morgan fingerprint density at radius 1 is 1.39 bits per heavy atom. The zero-order chi connectivity index (χ0) is 16.8. The summed E-state index contributed by atoms with van der Waals surface area (Å²) in [6, 6.07) is 8.44. The van der Waals surface area contributed by atoms with Crippen molar-refractivity contribution in [2.45, 2.75) is 43.6 Å². The van der Waals surface area contributed by atoms with E-state index >= 15 is 0 Å². The molecule has 0 saturated heterocycles. The molecule has 0 aliphatic carbocycles. The van der Waals surface area contributed by atoms with Gasteiger partial charge in [0.15, 0.2) is 11.0 Å². The van der Waals surface area contributed by atoms with Gasteiger partial charge in [0.05, 0.1) is 11.0 Å². The summed E-state index contributed by atoms with van der Waals surface area (Å²) in [6.07, 6.45) is 1.31. The van der Waals surface area contributed by atoms with Crippen molar-refractivity contribution in [2.75, 3.05) is 0 Å².